The molecular formula is C13H22N2O4S2. The van der Waals surface area contributed by atoms with Gasteiger partial charge in [0.25, 0.3) is 0 Å². The summed E-state index contributed by atoms with van der Waals surface area (Å²) in [6.07, 6.45) is 0. The summed E-state index contributed by atoms with van der Waals surface area (Å²) in [4.78, 5) is 14.0. The molecule has 0 aliphatic carbocycles. The highest BCUT2D eigenvalue weighted by Crippen LogP contribution is 2.42. The number of thiophene rings is 1. The number of rotatable bonds is 7. The molecule has 0 fully saturated rings. The molecule has 0 spiro atoms. The van der Waals surface area contributed by atoms with Crippen LogP contribution in [0.5, 0.6) is 0 Å². The van der Waals surface area contributed by atoms with Crippen molar-refractivity contribution in [1.82, 2.24) is 0 Å². The minimum atomic E-state index is -3.52. The maximum absolute atomic E-state index is 12.3. The van der Waals surface area contributed by atoms with Crippen LogP contribution in [0.1, 0.15) is 37.4 Å². The lowest BCUT2D eigenvalue weighted by atomic mass is 10.4. The number of hydrogen-bond donors (Lipinski definition) is 1. The lowest BCUT2D eigenvalue weighted by Gasteiger charge is -2.20. The summed E-state index contributed by atoms with van der Waals surface area (Å²) < 4.78 is 29.6. The number of nitrogen functional groups attached to an aromatic ring is 1. The van der Waals surface area contributed by atoms with Crippen molar-refractivity contribution in [1.29, 1.82) is 0 Å². The molecule has 0 aliphatic rings. The first-order valence-electron chi connectivity index (χ1n) is 6.90. The molecule has 1 rings (SSSR count). The number of ether oxygens (including phenoxy) is 1. The van der Waals surface area contributed by atoms with E-state index in [1.54, 1.807) is 13.8 Å². The van der Waals surface area contributed by atoms with E-state index >= 15 is 0 Å². The van der Waals surface area contributed by atoms with E-state index in [9.17, 15) is 13.2 Å². The smallest absolute Gasteiger partial charge is 0.350 e. The fourth-order valence-corrected chi connectivity index (χ4v) is 4.76. The van der Waals surface area contributed by atoms with E-state index in [1.165, 1.54) is 0 Å². The molecule has 0 saturated carbocycles. The molecule has 0 bridgehead atoms. The average molecular weight is 334 g/mol. The Kier molecular flexibility index (Phi) is 6.03. The van der Waals surface area contributed by atoms with Crippen LogP contribution in [0.2, 0.25) is 0 Å². The molecule has 0 atom stereocenters. The third-order valence-corrected chi connectivity index (χ3v) is 6.26. The van der Waals surface area contributed by atoms with Crippen molar-refractivity contribution in [3.8, 4) is 0 Å². The highest BCUT2D eigenvalue weighted by molar-refractivity contribution is 7.92. The summed E-state index contributed by atoms with van der Waals surface area (Å²) in [6, 6.07) is 0. The number of nitrogens with zero attached hydrogens (tertiary/aromatic N) is 1. The highest BCUT2D eigenvalue weighted by atomic mass is 32.2. The van der Waals surface area contributed by atoms with Gasteiger partial charge in [-0.25, -0.2) is 13.2 Å². The maximum Gasteiger partial charge on any atom is 0.350 e. The minimum Gasteiger partial charge on any atom is -0.462 e. The molecule has 21 heavy (non-hydrogen) atoms. The molecule has 0 unspecified atom stereocenters. The number of esters is 1. The van der Waals surface area contributed by atoms with Crippen LogP contribution in [0.4, 0.5) is 10.7 Å². The van der Waals surface area contributed by atoms with Crippen molar-refractivity contribution < 1.29 is 17.9 Å². The largest absolute Gasteiger partial charge is 0.462 e. The Labute approximate surface area is 129 Å². The summed E-state index contributed by atoms with van der Waals surface area (Å²) in [7, 11) is -3.52. The van der Waals surface area contributed by atoms with Gasteiger partial charge in [-0.05, 0) is 20.8 Å². The highest BCUT2D eigenvalue weighted by Gasteiger charge is 2.31. The second-order valence-corrected chi connectivity index (χ2v) is 7.49. The first kappa shape index (κ1) is 17.8. The van der Waals surface area contributed by atoms with Crippen molar-refractivity contribution in [2.75, 3.05) is 36.1 Å². The summed E-state index contributed by atoms with van der Waals surface area (Å²) in [6.45, 7) is 8.57. The molecule has 2 N–H and O–H groups in total. The van der Waals surface area contributed by atoms with Gasteiger partial charge in [0.15, 0.2) is 9.84 Å². The number of carbonyl (C=O) groups is 1. The van der Waals surface area contributed by atoms with Crippen LogP contribution >= 0.6 is 11.3 Å². The first-order chi connectivity index (χ1) is 9.83. The fraction of sp³-hybridized carbons (Fsp3) is 0.615. The van der Waals surface area contributed by atoms with Crippen LogP contribution in [-0.4, -0.2) is 39.8 Å². The normalized spacial score (nSPS) is 11.4. The van der Waals surface area contributed by atoms with Gasteiger partial charge < -0.3 is 15.4 Å². The lowest BCUT2D eigenvalue weighted by molar-refractivity contribution is 0.0533. The van der Waals surface area contributed by atoms with Crippen molar-refractivity contribution in [3.63, 3.8) is 0 Å². The zero-order valence-corrected chi connectivity index (χ0v) is 14.4. The summed E-state index contributed by atoms with van der Waals surface area (Å²) in [5.74, 6) is -0.643. The standard InChI is InChI=1S/C13H22N2O4S2/c1-5-15(6-2)12-11(21(17,18)8-4)9(14)10(20-12)13(16)19-7-3/h5-8,14H2,1-4H3. The number of carbonyl (C=O) groups excluding carboxylic acids is 1. The van der Waals surface area contributed by atoms with Gasteiger partial charge in [0.05, 0.1) is 18.0 Å². The predicted molar refractivity (Wildman–Crippen MR) is 86.0 cm³/mol. The van der Waals surface area contributed by atoms with Crippen LogP contribution < -0.4 is 10.6 Å². The Hall–Kier alpha value is -1.28. The molecular weight excluding hydrogens is 312 g/mol. The van der Waals surface area contributed by atoms with Crippen LogP contribution in [0.25, 0.3) is 0 Å². The fourth-order valence-electron chi connectivity index (χ4n) is 1.93. The van der Waals surface area contributed by atoms with Crippen molar-refractivity contribution in [3.05, 3.63) is 4.88 Å². The number of nitrogens with two attached hydrogens (primary N) is 1. The molecule has 120 valence electrons. The van der Waals surface area contributed by atoms with Gasteiger partial charge in [0.1, 0.15) is 14.8 Å². The van der Waals surface area contributed by atoms with Crippen molar-refractivity contribution >= 4 is 37.8 Å². The third kappa shape index (κ3) is 3.49. The predicted octanol–water partition coefficient (Wildman–Crippen LogP) is 2.15. The zero-order valence-electron chi connectivity index (χ0n) is 12.8. The Morgan fingerprint density at radius 3 is 2.24 bits per heavy atom. The maximum atomic E-state index is 12.3. The SMILES string of the molecule is CCOC(=O)c1sc(N(CC)CC)c(S(=O)(=O)CC)c1N. The third-order valence-electron chi connectivity index (χ3n) is 3.08. The van der Waals surface area contributed by atoms with E-state index in [4.69, 9.17) is 10.5 Å². The molecule has 0 saturated heterocycles. The molecule has 1 aromatic heterocycles. The summed E-state index contributed by atoms with van der Waals surface area (Å²) in [5, 5.41) is 0.516. The second-order valence-electron chi connectivity index (χ2n) is 4.28. The average Bonchev–Trinajstić information content (AvgIpc) is 2.79. The Morgan fingerprint density at radius 2 is 1.81 bits per heavy atom. The Morgan fingerprint density at radius 1 is 1.24 bits per heavy atom. The van der Waals surface area contributed by atoms with Gasteiger partial charge in [-0.1, -0.05) is 6.92 Å². The molecule has 0 aliphatic heterocycles. The van der Waals surface area contributed by atoms with Gasteiger partial charge in [-0.15, -0.1) is 11.3 Å². The van der Waals surface area contributed by atoms with Gasteiger partial charge in [-0.2, -0.15) is 0 Å². The molecule has 0 radical (unpaired) electrons. The van der Waals surface area contributed by atoms with E-state index in [0.29, 0.717) is 18.1 Å². The monoisotopic (exact) mass is 334 g/mol. The lowest BCUT2D eigenvalue weighted by Crippen LogP contribution is -2.23. The molecule has 0 amide bonds. The van der Waals surface area contributed by atoms with Gasteiger partial charge >= 0.3 is 5.97 Å². The van der Waals surface area contributed by atoms with E-state index in [2.05, 4.69) is 0 Å². The quantitative estimate of drug-likeness (QED) is 0.768. The minimum absolute atomic E-state index is 0.00204. The van der Waals surface area contributed by atoms with Crippen molar-refractivity contribution in [2.45, 2.75) is 32.6 Å². The topological polar surface area (TPSA) is 89.7 Å². The van der Waals surface area contributed by atoms with Crippen molar-refractivity contribution in [2.24, 2.45) is 0 Å². The molecule has 8 heteroatoms. The van der Waals surface area contributed by atoms with E-state index in [-0.39, 0.29) is 27.8 Å². The molecule has 1 aromatic rings. The van der Waals surface area contributed by atoms with E-state index in [0.717, 1.165) is 11.3 Å². The van der Waals surface area contributed by atoms with Gasteiger partial charge in [0.2, 0.25) is 0 Å². The van der Waals surface area contributed by atoms with Gasteiger partial charge in [0, 0.05) is 13.1 Å². The number of sulfone groups is 1. The van der Waals surface area contributed by atoms with Crippen LogP contribution in [0, 0.1) is 0 Å². The molecule has 6 nitrogen and oxygen atoms in total. The van der Waals surface area contributed by atoms with Crippen LogP contribution in [0.3, 0.4) is 0 Å². The van der Waals surface area contributed by atoms with Gasteiger partial charge in [-0.3, -0.25) is 0 Å². The Bertz CT molecular complexity index is 604. The summed E-state index contributed by atoms with van der Waals surface area (Å²) in [5.41, 5.74) is 5.95. The van der Waals surface area contributed by atoms with Crippen LogP contribution in [-0.2, 0) is 14.6 Å². The molecule has 1 heterocycles. The first-order valence-corrected chi connectivity index (χ1v) is 9.37. The number of hydrogen-bond acceptors (Lipinski definition) is 7. The van der Waals surface area contributed by atoms with Crippen LogP contribution in [0.15, 0.2) is 4.90 Å². The molecule has 0 aromatic carbocycles. The Balaban J connectivity index is 3.55. The summed E-state index contributed by atoms with van der Waals surface area (Å²) >= 11 is 1.08. The zero-order chi connectivity index (χ0) is 16.2. The second kappa shape index (κ2) is 7.13. The van der Waals surface area contributed by atoms with E-state index in [1.807, 2.05) is 18.7 Å². The number of anilines is 2. The van der Waals surface area contributed by atoms with E-state index < -0.39 is 15.8 Å².